The van der Waals surface area contributed by atoms with Crippen molar-refractivity contribution >= 4 is 29.1 Å². The topological polar surface area (TPSA) is 91.4 Å². The second-order valence-corrected chi connectivity index (χ2v) is 8.36. The molecule has 158 valence electrons. The number of hydrogen-bond donors (Lipinski definition) is 3. The van der Waals surface area contributed by atoms with Gasteiger partial charge in [0.05, 0.1) is 16.6 Å². The highest BCUT2D eigenvalue weighted by Crippen LogP contribution is 2.39. The first-order valence-corrected chi connectivity index (χ1v) is 10.8. The van der Waals surface area contributed by atoms with Crippen LogP contribution in [0.5, 0.6) is 0 Å². The summed E-state index contributed by atoms with van der Waals surface area (Å²) in [5, 5.41) is 15.5. The molecule has 1 aromatic carbocycles. The van der Waals surface area contributed by atoms with E-state index in [0.717, 1.165) is 29.5 Å². The number of nitrogens with zero attached hydrogens (tertiary/aromatic N) is 4. The van der Waals surface area contributed by atoms with Crippen LogP contribution in [0.15, 0.2) is 41.8 Å². The fourth-order valence-electron chi connectivity index (χ4n) is 3.22. The molecule has 1 unspecified atom stereocenters. The number of thiophene rings is 1. The lowest BCUT2D eigenvalue weighted by atomic mass is 10.1. The van der Waals surface area contributed by atoms with Gasteiger partial charge in [0, 0.05) is 23.6 Å². The number of benzene rings is 1. The van der Waals surface area contributed by atoms with Crippen LogP contribution in [0, 0.1) is 11.6 Å². The standard InChI is InChI=1S/C21H19F2N7S/c1-11(14-7-6-13(22)9-15(14)23)24-20-26-19(12-4-5-12)27-21(28-20)25-18-10-16(29-30-18)17-3-2-8-31-17/h2-3,6-12H,4-5H2,1H3,(H3,24,25,26,27,28,29,30). The summed E-state index contributed by atoms with van der Waals surface area (Å²) in [6.07, 6.45) is 2.05. The normalized spacial score (nSPS) is 14.4. The number of H-pyrrole nitrogens is 1. The quantitative estimate of drug-likeness (QED) is 0.357. The number of nitrogens with one attached hydrogen (secondary N) is 3. The highest BCUT2D eigenvalue weighted by molar-refractivity contribution is 7.13. The molecular formula is C21H19F2N7S. The van der Waals surface area contributed by atoms with Crippen molar-refractivity contribution in [2.24, 2.45) is 0 Å². The predicted molar refractivity (Wildman–Crippen MR) is 115 cm³/mol. The zero-order valence-electron chi connectivity index (χ0n) is 16.6. The fraction of sp³-hybridized carbons (Fsp3) is 0.238. The van der Waals surface area contributed by atoms with Gasteiger partial charge in [-0.05, 0) is 37.3 Å². The Kier molecular flexibility index (Phi) is 5.06. The molecule has 1 aliphatic rings. The third kappa shape index (κ3) is 4.38. The molecule has 3 aromatic heterocycles. The van der Waals surface area contributed by atoms with Gasteiger partial charge in [0.1, 0.15) is 17.5 Å². The Morgan fingerprint density at radius 2 is 1.94 bits per heavy atom. The van der Waals surface area contributed by atoms with Crippen molar-refractivity contribution in [2.75, 3.05) is 10.6 Å². The van der Waals surface area contributed by atoms with Gasteiger partial charge in [0.15, 0.2) is 5.82 Å². The average molecular weight is 439 g/mol. The van der Waals surface area contributed by atoms with Crippen molar-refractivity contribution in [2.45, 2.75) is 31.7 Å². The number of aromatic nitrogens is 5. The van der Waals surface area contributed by atoms with Gasteiger partial charge in [-0.25, -0.2) is 8.78 Å². The second kappa shape index (κ2) is 8.03. The molecule has 0 aliphatic heterocycles. The van der Waals surface area contributed by atoms with Gasteiger partial charge in [-0.3, -0.25) is 5.10 Å². The van der Waals surface area contributed by atoms with Gasteiger partial charge in [0.25, 0.3) is 0 Å². The highest BCUT2D eigenvalue weighted by atomic mass is 32.1. The van der Waals surface area contributed by atoms with Crippen LogP contribution in [0.3, 0.4) is 0 Å². The molecule has 31 heavy (non-hydrogen) atoms. The Morgan fingerprint density at radius 1 is 1.10 bits per heavy atom. The van der Waals surface area contributed by atoms with Crippen molar-refractivity contribution in [3.05, 3.63) is 64.8 Å². The number of rotatable bonds is 7. The number of halogens is 2. The maximum absolute atomic E-state index is 14.2. The molecule has 3 heterocycles. The van der Waals surface area contributed by atoms with Gasteiger partial charge >= 0.3 is 0 Å². The first kappa shape index (κ1) is 19.6. The Bertz CT molecular complexity index is 1200. The Morgan fingerprint density at radius 3 is 2.68 bits per heavy atom. The van der Waals surface area contributed by atoms with E-state index in [9.17, 15) is 8.78 Å². The van der Waals surface area contributed by atoms with E-state index in [2.05, 4.69) is 35.8 Å². The second-order valence-electron chi connectivity index (χ2n) is 7.42. The van der Waals surface area contributed by atoms with Gasteiger partial charge < -0.3 is 10.6 Å². The summed E-state index contributed by atoms with van der Waals surface area (Å²) in [6.45, 7) is 1.77. The van der Waals surface area contributed by atoms with E-state index in [1.54, 1.807) is 18.3 Å². The Labute approximate surface area is 181 Å². The van der Waals surface area contributed by atoms with Gasteiger partial charge in [-0.15, -0.1) is 11.3 Å². The lowest BCUT2D eigenvalue weighted by Gasteiger charge is -2.16. The van der Waals surface area contributed by atoms with Crippen LogP contribution in [-0.4, -0.2) is 25.1 Å². The number of hydrogen-bond acceptors (Lipinski definition) is 7. The van der Waals surface area contributed by atoms with Crippen LogP contribution >= 0.6 is 11.3 Å². The van der Waals surface area contributed by atoms with Crippen molar-refractivity contribution < 1.29 is 8.78 Å². The SMILES string of the molecule is CC(Nc1nc(Nc2cc(-c3cccs3)[nH]n2)nc(C2CC2)n1)c1ccc(F)cc1F. The van der Waals surface area contributed by atoms with Crippen molar-refractivity contribution in [1.29, 1.82) is 0 Å². The molecule has 0 radical (unpaired) electrons. The van der Waals surface area contributed by atoms with E-state index in [1.807, 2.05) is 23.6 Å². The minimum Gasteiger partial charge on any atom is -0.347 e. The fourth-order valence-corrected chi connectivity index (χ4v) is 3.91. The molecule has 1 saturated carbocycles. The summed E-state index contributed by atoms with van der Waals surface area (Å²) in [5.74, 6) is 1.01. The van der Waals surface area contributed by atoms with E-state index >= 15 is 0 Å². The third-order valence-corrected chi connectivity index (χ3v) is 5.88. The molecule has 5 rings (SSSR count). The molecule has 3 N–H and O–H groups in total. The third-order valence-electron chi connectivity index (χ3n) is 4.97. The summed E-state index contributed by atoms with van der Waals surface area (Å²) in [5.41, 5.74) is 1.23. The monoisotopic (exact) mass is 439 g/mol. The zero-order valence-corrected chi connectivity index (χ0v) is 17.4. The van der Waals surface area contributed by atoms with Gasteiger partial charge in [-0.1, -0.05) is 12.1 Å². The van der Waals surface area contributed by atoms with Gasteiger partial charge in [-0.2, -0.15) is 20.1 Å². The lowest BCUT2D eigenvalue weighted by molar-refractivity contribution is 0.566. The van der Waals surface area contributed by atoms with Crippen molar-refractivity contribution in [1.82, 2.24) is 25.1 Å². The molecule has 0 amide bonds. The number of aromatic amines is 1. The first-order chi connectivity index (χ1) is 15.0. The first-order valence-electron chi connectivity index (χ1n) is 9.89. The van der Waals surface area contributed by atoms with Crippen LogP contribution < -0.4 is 10.6 Å². The molecule has 1 atom stereocenters. The maximum atomic E-state index is 14.2. The van der Waals surface area contributed by atoms with Crippen LogP contribution in [0.1, 0.15) is 43.1 Å². The molecule has 0 bridgehead atoms. The molecule has 4 aromatic rings. The molecule has 1 fully saturated rings. The largest absolute Gasteiger partial charge is 0.347 e. The van der Waals surface area contributed by atoms with E-state index in [-0.39, 0.29) is 0 Å². The van der Waals surface area contributed by atoms with E-state index in [4.69, 9.17) is 0 Å². The molecule has 10 heteroatoms. The Balaban J connectivity index is 1.38. The highest BCUT2D eigenvalue weighted by Gasteiger charge is 2.28. The molecule has 0 spiro atoms. The summed E-state index contributed by atoms with van der Waals surface area (Å²) >= 11 is 1.62. The van der Waals surface area contributed by atoms with Crippen molar-refractivity contribution in [3.8, 4) is 10.6 Å². The molecule has 7 nitrogen and oxygen atoms in total. The molecular weight excluding hydrogens is 420 g/mol. The minimum atomic E-state index is -0.618. The predicted octanol–water partition coefficient (Wildman–Crippen LogP) is 5.40. The van der Waals surface area contributed by atoms with Crippen LogP contribution in [0.25, 0.3) is 10.6 Å². The summed E-state index contributed by atoms with van der Waals surface area (Å²) < 4.78 is 27.4. The molecule has 0 saturated heterocycles. The number of anilines is 3. The van der Waals surface area contributed by atoms with E-state index < -0.39 is 17.7 Å². The van der Waals surface area contributed by atoms with Crippen LogP contribution in [0.4, 0.5) is 26.5 Å². The lowest BCUT2D eigenvalue weighted by Crippen LogP contribution is -2.14. The summed E-state index contributed by atoms with van der Waals surface area (Å²) in [7, 11) is 0. The van der Waals surface area contributed by atoms with E-state index in [1.165, 1.54) is 12.1 Å². The summed E-state index contributed by atoms with van der Waals surface area (Å²) in [6, 6.07) is 8.93. The van der Waals surface area contributed by atoms with Crippen LogP contribution in [0.2, 0.25) is 0 Å². The van der Waals surface area contributed by atoms with E-state index in [0.29, 0.717) is 35.0 Å². The van der Waals surface area contributed by atoms with Gasteiger partial charge in [0.2, 0.25) is 11.9 Å². The van der Waals surface area contributed by atoms with Crippen molar-refractivity contribution in [3.63, 3.8) is 0 Å². The maximum Gasteiger partial charge on any atom is 0.233 e. The smallest absolute Gasteiger partial charge is 0.233 e. The Hall–Kier alpha value is -3.40. The van der Waals surface area contributed by atoms with Crippen LogP contribution in [-0.2, 0) is 0 Å². The average Bonchev–Trinajstić information content (AvgIpc) is 3.24. The molecule has 1 aliphatic carbocycles. The minimum absolute atomic E-state index is 0.294. The summed E-state index contributed by atoms with van der Waals surface area (Å²) in [4.78, 5) is 14.5. The zero-order chi connectivity index (χ0) is 21.4.